The van der Waals surface area contributed by atoms with Gasteiger partial charge in [-0.1, -0.05) is 18.2 Å². The average Bonchev–Trinajstić information content (AvgIpc) is 2.99. The zero-order valence-corrected chi connectivity index (χ0v) is 10.3. The van der Waals surface area contributed by atoms with Crippen molar-refractivity contribution in [2.45, 2.75) is 13.8 Å². The first kappa shape index (κ1) is 9.65. The lowest BCUT2D eigenvalue weighted by Crippen LogP contribution is -1.90. The number of nitrogens with zero attached hydrogens (tertiary/aromatic N) is 3. The topological polar surface area (TPSA) is 34.0 Å². The van der Waals surface area contributed by atoms with Gasteiger partial charge in [-0.2, -0.15) is 0 Å². The molecule has 2 aromatic carbocycles. The molecule has 0 amide bonds. The molecule has 4 rings (SSSR count). The van der Waals surface area contributed by atoms with Gasteiger partial charge >= 0.3 is 0 Å². The van der Waals surface area contributed by atoms with Crippen molar-refractivity contribution in [2.75, 3.05) is 0 Å². The first-order valence-corrected chi connectivity index (χ1v) is 5.98. The van der Waals surface area contributed by atoms with Crippen molar-refractivity contribution < 1.29 is 5.11 Å². The second-order valence-corrected chi connectivity index (χ2v) is 4.81. The minimum atomic E-state index is 0.348. The second-order valence-electron chi connectivity index (χ2n) is 4.81. The highest BCUT2D eigenvalue weighted by molar-refractivity contribution is 5.79. The van der Waals surface area contributed by atoms with Crippen molar-refractivity contribution in [2.24, 2.45) is 0 Å². The first-order chi connectivity index (χ1) is 8.68. The summed E-state index contributed by atoms with van der Waals surface area (Å²) in [5.74, 6) is 0.348. The monoisotopic (exact) mass is 239 g/mol. The van der Waals surface area contributed by atoms with Crippen LogP contribution in [0.25, 0.3) is 16.7 Å². The third kappa shape index (κ3) is 1.00. The Bertz CT molecular complexity index is 820. The van der Waals surface area contributed by atoms with Gasteiger partial charge in [0.05, 0.1) is 0 Å². The van der Waals surface area contributed by atoms with Crippen LogP contribution in [0.2, 0.25) is 0 Å². The maximum absolute atomic E-state index is 10.2. The van der Waals surface area contributed by atoms with Gasteiger partial charge in [-0.3, -0.25) is 0 Å². The van der Waals surface area contributed by atoms with Crippen molar-refractivity contribution in [1.82, 2.24) is 14.1 Å². The van der Waals surface area contributed by atoms with Crippen LogP contribution in [0.4, 0.5) is 0 Å². The average molecular weight is 239 g/mol. The summed E-state index contributed by atoms with van der Waals surface area (Å²) < 4.78 is 4.09. The molecule has 0 radical (unpaired) electrons. The summed E-state index contributed by atoms with van der Waals surface area (Å²) in [6, 6.07) is 12.2. The molecular formula is C14H13N3O. The number of aromatic hydroxyl groups is 1. The Balaban J connectivity index is 2.01. The van der Waals surface area contributed by atoms with Gasteiger partial charge in [0.25, 0.3) is 0 Å². The molecule has 0 atom stereocenters. The normalized spacial score (nSPS) is 12.1. The van der Waals surface area contributed by atoms with Crippen molar-refractivity contribution in [3.8, 4) is 11.4 Å². The van der Waals surface area contributed by atoms with Crippen LogP contribution >= 0.6 is 0 Å². The van der Waals surface area contributed by atoms with Gasteiger partial charge in [0.2, 0.25) is 0 Å². The van der Waals surface area contributed by atoms with Crippen LogP contribution in [0, 0.1) is 13.8 Å². The van der Waals surface area contributed by atoms with E-state index in [2.05, 4.69) is 12.1 Å². The fraction of sp³-hybridized carbons (Fsp3) is 0.143. The largest absolute Gasteiger partial charge is 0.505 e. The van der Waals surface area contributed by atoms with Crippen LogP contribution in [-0.2, 0) is 0 Å². The molecule has 4 heteroatoms. The van der Waals surface area contributed by atoms with Crippen LogP contribution in [0.1, 0.15) is 11.1 Å². The molecule has 0 spiro atoms. The molecule has 0 aliphatic heterocycles. The van der Waals surface area contributed by atoms with E-state index in [0.29, 0.717) is 5.75 Å². The van der Waals surface area contributed by atoms with Crippen molar-refractivity contribution in [3.05, 3.63) is 47.5 Å². The predicted molar refractivity (Wildman–Crippen MR) is 70.0 cm³/mol. The number of hydrogen-bond donors (Lipinski definition) is 1. The number of phenols is 1. The van der Waals surface area contributed by atoms with Gasteiger partial charge in [0.15, 0.2) is 0 Å². The Morgan fingerprint density at radius 2 is 1.56 bits per heavy atom. The zero-order chi connectivity index (χ0) is 12.4. The van der Waals surface area contributed by atoms with Crippen LogP contribution in [0.15, 0.2) is 36.4 Å². The van der Waals surface area contributed by atoms with Gasteiger partial charge in [-0.15, -0.1) is 14.1 Å². The van der Waals surface area contributed by atoms with Crippen LogP contribution < -0.4 is 0 Å². The standard InChI is InChI=1S/C14H13N3O/c1-9-7-10(2)14(18)13(8-9)17-15-11-5-3-4-6-12(11)16(15)17/h3-8,18H,1-2H3. The van der Waals surface area contributed by atoms with Gasteiger partial charge in [-0.05, 0) is 43.2 Å². The van der Waals surface area contributed by atoms with E-state index in [0.717, 1.165) is 16.8 Å². The highest BCUT2D eigenvalue weighted by atomic mass is 16.3. The summed E-state index contributed by atoms with van der Waals surface area (Å²) >= 11 is 0. The maximum Gasteiger partial charge on any atom is 0.146 e. The summed E-state index contributed by atoms with van der Waals surface area (Å²) in [4.78, 5) is 1.99. The highest BCUT2D eigenvalue weighted by Crippen LogP contribution is 2.32. The van der Waals surface area contributed by atoms with E-state index >= 15 is 0 Å². The predicted octanol–water partition coefficient (Wildman–Crippen LogP) is 2.74. The minimum Gasteiger partial charge on any atom is -0.505 e. The molecular weight excluding hydrogens is 226 g/mol. The summed E-state index contributed by atoms with van der Waals surface area (Å²) in [6.45, 7) is 3.97. The Kier molecular flexibility index (Phi) is 1.56. The number of rotatable bonds is 1. The van der Waals surface area contributed by atoms with Crippen molar-refractivity contribution >= 4 is 11.0 Å². The van der Waals surface area contributed by atoms with Crippen molar-refractivity contribution in [1.29, 1.82) is 0 Å². The number of phenolic OH excluding ortho intramolecular Hbond substituents is 1. The summed E-state index contributed by atoms with van der Waals surface area (Å²) in [5.41, 5.74) is 5.25. The Morgan fingerprint density at radius 1 is 0.944 bits per heavy atom. The van der Waals surface area contributed by atoms with E-state index < -0.39 is 0 Å². The molecule has 4 nitrogen and oxygen atoms in total. The molecule has 0 aliphatic rings. The molecule has 0 saturated carbocycles. The molecule has 1 N–H and O–H groups in total. The minimum absolute atomic E-state index is 0.348. The number of para-hydroxylation sites is 2. The lowest BCUT2D eigenvalue weighted by molar-refractivity contribution is 0.467. The van der Waals surface area contributed by atoms with Gasteiger partial charge in [0, 0.05) is 0 Å². The van der Waals surface area contributed by atoms with Crippen LogP contribution in [0.5, 0.6) is 5.75 Å². The number of benzene rings is 2. The number of aryl methyl sites for hydroxylation is 2. The molecule has 18 heavy (non-hydrogen) atoms. The second kappa shape index (κ2) is 2.90. The molecule has 0 fully saturated rings. The van der Waals surface area contributed by atoms with E-state index in [9.17, 15) is 5.11 Å². The molecule has 2 heterocycles. The molecule has 4 aromatic rings. The molecule has 0 saturated heterocycles. The van der Waals surface area contributed by atoms with E-state index in [4.69, 9.17) is 0 Å². The maximum atomic E-state index is 10.2. The molecule has 0 aliphatic carbocycles. The first-order valence-electron chi connectivity index (χ1n) is 5.98. The quantitative estimate of drug-likeness (QED) is 0.544. The molecule has 2 aromatic heterocycles. The van der Waals surface area contributed by atoms with Gasteiger partial charge in [-0.25, -0.2) is 0 Å². The lowest BCUT2D eigenvalue weighted by atomic mass is 10.1. The van der Waals surface area contributed by atoms with E-state index in [-0.39, 0.29) is 0 Å². The fourth-order valence-corrected chi connectivity index (χ4v) is 2.59. The third-order valence-electron chi connectivity index (χ3n) is 3.46. The van der Waals surface area contributed by atoms with E-state index in [1.807, 2.05) is 52.2 Å². The highest BCUT2D eigenvalue weighted by Gasteiger charge is 2.25. The smallest absolute Gasteiger partial charge is 0.146 e. The van der Waals surface area contributed by atoms with Crippen molar-refractivity contribution in [3.63, 3.8) is 0 Å². The molecule has 0 bridgehead atoms. The summed E-state index contributed by atoms with van der Waals surface area (Å²) in [6.07, 6.45) is 0. The number of hydrogen-bond acceptors (Lipinski definition) is 1. The van der Waals surface area contributed by atoms with Crippen LogP contribution in [-0.4, -0.2) is 19.2 Å². The fourth-order valence-electron chi connectivity index (χ4n) is 2.59. The zero-order valence-electron chi connectivity index (χ0n) is 10.3. The summed E-state index contributed by atoms with van der Waals surface area (Å²) in [5, 5.41) is 10.2. The third-order valence-corrected chi connectivity index (χ3v) is 3.46. The van der Waals surface area contributed by atoms with E-state index in [1.165, 1.54) is 11.0 Å². The molecule has 0 unspecified atom stereocenters. The Morgan fingerprint density at radius 3 is 2.17 bits per heavy atom. The van der Waals surface area contributed by atoms with Gasteiger partial charge in [0.1, 0.15) is 22.5 Å². The SMILES string of the molecule is Cc1cc(C)c(O)c(-n2n3c4ccccc4n23)c1. The van der Waals surface area contributed by atoms with E-state index in [1.54, 1.807) is 0 Å². The van der Waals surface area contributed by atoms with Gasteiger partial charge < -0.3 is 5.11 Å². The Hall–Kier alpha value is -2.36. The Labute approximate surface area is 104 Å². The summed E-state index contributed by atoms with van der Waals surface area (Å²) in [7, 11) is 0. The lowest BCUT2D eigenvalue weighted by Gasteiger charge is -2.04. The number of fused-ring (bicyclic) bond motifs is 4. The van der Waals surface area contributed by atoms with Crippen LogP contribution in [0.3, 0.4) is 0 Å². The number of aromatic nitrogens is 3. The molecule has 90 valence electrons.